The minimum atomic E-state index is -3.68. The molecule has 5 rings (SSSR count). The molecule has 0 aliphatic carbocycles. The van der Waals surface area contributed by atoms with Crippen molar-refractivity contribution in [3.63, 3.8) is 0 Å². The number of alkyl halides is 2. The molecule has 1 fully saturated rings. The van der Waals surface area contributed by atoms with Gasteiger partial charge in [-0.1, -0.05) is 12.1 Å². The Bertz CT molecular complexity index is 1420. The number of nitriles is 1. The van der Waals surface area contributed by atoms with E-state index in [9.17, 15) is 18.8 Å². The number of ether oxygens (including phenoxy) is 2. The van der Waals surface area contributed by atoms with E-state index in [1.807, 2.05) is 13.8 Å². The third kappa shape index (κ3) is 3.86. The van der Waals surface area contributed by atoms with Crippen LogP contribution in [0.25, 0.3) is 11.0 Å². The van der Waals surface area contributed by atoms with Gasteiger partial charge in [-0.15, -0.1) is 8.78 Å². The van der Waals surface area contributed by atoms with E-state index in [1.165, 1.54) is 10.6 Å². The van der Waals surface area contributed by atoms with Crippen LogP contribution in [0.3, 0.4) is 0 Å². The Labute approximate surface area is 200 Å². The Kier molecular flexibility index (Phi) is 5.40. The number of para-hydroxylation sites is 1. The zero-order valence-corrected chi connectivity index (χ0v) is 19.8. The zero-order chi connectivity index (χ0) is 25.1. The van der Waals surface area contributed by atoms with E-state index in [0.29, 0.717) is 35.4 Å². The smallest absolute Gasteiger partial charge is 0.395 e. The van der Waals surface area contributed by atoms with Gasteiger partial charge in [0, 0.05) is 49.9 Å². The number of fused-ring (bicyclic) bond motifs is 2. The first-order valence-electron chi connectivity index (χ1n) is 11.4. The van der Waals surface area contributed by atoms with Crippen molar-refractivity contribution in [2.45, 2.75) is 45.2 Å². The highest BCUT2D eigenvalue weighted by Gasteiger charge is 2.45. The fraction of sp³-hybridized carbons (Fsp3) is 0.400. The van der Waals surface area contributed by atoms with E-state index in [2.05, 4.69) is 32.5 Å². The topological polar surface area (TPSA) is 83.6 Å². The average molecular weight is 482 g/mol. The summed E-state index contributed by atoms with van der Waals surface area (Å²) >= 11 is 0. The van der Waals surface area contributed by atoms with Crippen LogP contribution in [0.15, 0.2) is 41.2 Å². The van der Waals surface area contributed by atoms with Gasteiger partial charge in [0.1, 0.15) is 17.3 Å². The SMILES string of the molecule is CC1CN(c2cc(=O)n(C)c3ccc(C#N)nc23)[C@@H](C)CN1C(C)c1cccc2c1OC(F)(F)O2. The molecule has 1 aromatic carbocycles. The molecule has 2 aliphatic heterocycles. The molecule has 2 unspecified atom stereocenters. The lowest BCUT2D eigenvalue weighted by Crippen LogP contribution is -2.57. The van der Waals surface area contributed by atoms with E-state index in [1.54, 1.807) is 37.4 Å². The van der Waals surface area contributed by atoms with Crippen LogP contribution < -0.4 is 19.9 Å². The summed E-state index contributed by atoms with van der Waals surface area (Å²) in [6, 6.07) is 11.7. The van der Waals surface area contributed by atoms with Gasteiger partial charge >= 0.3 is 6.29 Å². The number of hydrogen-bond acceptors (Lipinski definition) is 7. The molecule has 0 radical (unpaired) electrons. The molecule has 0 spiro atoms. The molecule has 3 aromatic rings. The highest BCUT2D eigenvalue weighted by atomic mass is 19.3. The van der Waals surface area contributed by atoms with Crippen LogP contribution in [0.1, 0.15) is 38.1 Å². The van der Waals surface area contributed by atoms with Gasteiger partial charge in [0.15, 0.2) is 11.5 Å². The fourth-order valence-electron chi connectivity index (χ4n) is 5.12. The molecule has 0 bridgehead atoms. The highest BCUT2D eigenvalue weighted by Crippen LogP contribution is 2.46. The van der Waals surface area contributed by atoms with Crippen molar-refractivity contribution in [2.24, 2.45) is 7.05 Å². The van der Waals surface area contributed by atoms with Crippen molar-refractivity contribution in [3.8, 4) is 17.6 Å². The molecule has 3 atom stereocenters. The van der Waals surface area contributed by atoms with Crippen LogP contribution >= 0.6 is 0 Å². The average Bonchev–Trinajstić information content (AvgIpc) is 3.15. The Balaban J connectivity index is 1.48. The third-order valence-corrected chi connectivity index (χ3v) is 6.93. The third-order valence-electron chi connectivity index (χ3n) is 6.93. The number of hydrogen-bond donors (Lipinski definition) is 0. The molecule has 2 aromatic heterocycles. The number of aryl methyl sites for hydroxylation is 1. The molecule has 1 saturated heterocycles. The zero-order valence-electron chi connectivity index (χ0n) is 19.8. The number of benzene rings is 1. The van der Waals surface area contributed by atoms with Gasteiger partial charge in [-0.3, -0.25) is 9.69 Å². The van der Waals surface area contributed by atoms with Gasteiger partial charge in [0.05, 0.1) is 11.2 Å². The van der Waals surface area contributed by atoms with Crippen molar-refractivity contribution >= 4 is 16.7 Å². The Morgan fingerprint density at radius 3 is 2.69 bits per heavy atom. The van der Waals surface area contributed by atoms with Gasteiger partial charge in [-0.2, -0.15) is 5.26 Å². The van der Waals surface area contributed by atoms with E-state index < -0.39 is 6.29 Å². The largest absolute Gasteiger partial charge is 0.586 e. The van der Waals surface area contributed by atoms with Crippen molar-refractivity contribution in [1.82, 2.24) is 14.5 Å². The van der Waals surface area contributed by atoms with Crippen molar-refractivity contribution in [1.29, 1.82) is 5.26 Å². The second-order valence-electron chi connectivity index (χ2n) is 9.17. The van der Waals surface area contributed by atoms with Gasteiger partial charge < -0.3 is 18.9 Å². The quantitative estimate of drug-likeness (QED) is 0.563. The molecule has 8 nitrogen and oxygen atoms in total. The first-order chi connectivity index (χ1) is 16.6. The number of halogens is 2. The van der Waals surface area contributed by atoms with E-state index in [-0.39, 0.29) is 40.9 Å². The monoisotopic (exact) mass is 481 g/mol. The molecule has 2 aliphatic rings. The van der Waals surface area contributed by atoms with Crippen LogP contribution in [0, 0.1) is 11.3 Å². The van der Waals surface area contributed by atoms with Crippen molar-refractivity contribution < 1.29 is 18.3 Å². The van der Waals surface area contributed by atoms with Gasteiger partial charge in [-0.25, -0.2) is 4.98 Å². The maximum Gasteiger partial charge on any atom is 0.586 e. The first kappa shape index (κ1) is 23.1. The van der Waals surface area contributed by atoms with Gasteiger partial charge in [0.2, 0.25) is 0 Å². The molecule has 0 amide bonds. The molecule has 0 saturated carbocycles. The summed E-state index contributed by atoms with van der Waals surface area (Å²) in [7, 11) is 1.68. The Hall–Kier alpha value is -3.71. The standard InChI is InChI=1S/C25H25F2N5O3/c1-14-13-32(20-10-22(33)30(4)19-9-8-17(11-28)29-23(19)20)15(2)12-31(14)16(3)18-6-5-7-21-24(18)35-25(26,27)34-21/h5-10,14-16H,12-13H2,1-4H3/t14?,15-,16?/m0/s1. The van der Waals surface area contributed by atoms with Crippen molar-refractivity contribution in [2.75, 3.05) is 18.0 Å². The number of nitrogens with zero attached hydrogens (tertiary/aromatic N) is 5. The first-order valence-corrected chi connectivity index (χ1v) is 11.4. The maximum atomic E-state index is 13.7. The predicted octanol–water partition coefficient (Wildman–Crippen LogP) is 3.79. The fourth-order valence-corrected chi connectivity index (χ4v) is 5.12. The predicted molar refractivity (Wildman–Crippen MR) is 126 cm³/mol. The summed E-state index contributed by atoms with van der Waals surface area (Å²) in [5.74, 6) is 0.0997. The minimum absolute atomic E-state index is 0.0122. The lowest BCUT2D eigenvalue weighted by Gasteiger charge is -2.47. The van der Waals surface area contributed by atoms with E-state index in [0.717, 1.165) is 0 Å². The number of anilines is 1. The lowest BCUT2D eigenvalue weighted by atomic mass is 9.99. The lowest BCUT2D eigenvalue weighted by molar-refractivity contribution is -0.287. The summed E-state index contributed by atoms with van der Waals surface area (Å²) in [6.07, 6.45) is -3.68. The molecule has 4 heterocycles. The molecular formula is C25H25F2N5O3. The molecule has 0 N–H and O–H groups in total. The summed E-state index contributed by atoms with van der Waals surface area (Å²) < 4.78 is 38.4. The number of pyridine rings is 2. The molecule has 182 valence electrons. The van der Waals surface area contributed by atoms with E-state index in [4.69, 9.17) is 4.74 Å². The molecule has 10 heteroatoms. The summed E-state index contributed by atoms with van der Waals surface area (Å²) in [6.45, 7) is 7.25. The molecular weight excluding hydrogens is 456 g/mol. The Morgan fingerprint density at radius 1 is 1.17 bits per heavy atom. The van der Waals surface area contributed by atoms with E-state index >= 15 is 0 Å². The van der Waals surface area contributed by atoms with Crippen LogP contribution in [0.4, 0.5) is 14.5 Å². The molecule has 35 heavy (non-hydrogen) atoms. The summed E-state index contributed by atoms with van der Waals surface area (Å²) in [5.41, 5.74) is 2.69. The summed E-state index contributed by atoms with van der Waals surface area (Å²) in [4.78, 5) is 21.6. The van der Waals surface area contributed by atoms with Crippen molar-refractivity contribution in [3.05, 3.63) is 58.0 Å². The normalized spacial score (nSPS) is 22.3. The number of piperazine rings is 1. The second kappa shape index (κ2) is 8.20. The van der Waals surface area contributed by atoms with Crippen LogP contribution in [0.2, 0.25) is 0 Å². The van der Waals surface area contributed by atoms with Gasteiger partial charge in [-0.05, 0) is 39.0 Å². The number of rotatable bonds is 3. The Morgan fingerprint density at radius 2 is 1.94 bits per heavy atom. The number of aromatic nitrogens is 2. The summed E-state index contributed by atoms with van der Waals surface area (Å²) in [5, 5.41) is 9.35. The highest BCUT2D eigenvalue weighted by molar-refractivity contribution is 5.89. The second-order valence-corrected chi connectivity index (χ2v) is 9.17. The van der Waals surface area contributed by atoms with Crippen LogP contribution in [0.5, 0.6) is 11.5 Å². The van der Waals surface area contributed by atoms with Crippen LogP contribution in [-0.2, 0) is 7.05 Å². The minimum Gasteiger partial charge on any atom is -0.395 e. The van der Waals surface area contributed by atoms with Crippen LogP contribution in [-0.4, -0.2) is 45.9 Å². The maximum absolute atomic E-state index is 13.7. The van der Waals surface area contributed by atoms with Gasteiger partial charge in [0.25, 0.3) is 5.56 Å².